The highest BCUT2D eigenvalue weighted by molar-refractivity contribution is 5.18. The number of aliphatic hydroxyl groups is 2. The molecule has 2 nitrogen and oxygen atoms in total. The van der Waals surface area contributed by atoms with E-state index in [2.05, 4.69) is 25.6 Å². The van der Waals surface area contributed by atoms with E-state index >= 15 is 0 Å². The molecule has 23 heavy (non-hydrogen) atoms. The molecule has 0 radical (unpaired) electrons. The number of unbranched alkanes of at least 4 members (excludes halogenated alkanes) is 5. The maximum absolute atomic E-state index is 10.9. The van der Waals surface area contributed by atoms with Crippen molar-refractivity contribution in [2.24, 2.45) is 0 Å². The Morgan fingerprint density at radius 3 is 2.30 bits per heavy atom. The van der Waals surface area contributed by atoms with E-state index in [4.69, 9.17) is 0 Å². The van der Waals surface area contributed by atoms with Crippen LogP contribution in [0.5, 0.6) is 0 Å². The van der Waals surface area contributed by atoms with E-state index in [1.807, 2.05) is 25.1 Å². The zero-order valence-electron chi connectivity index (χ0n) is 14.9. The highest BCUT2D eigenvalue weighted by Crippen LogP contribution is 2.29. The van der Waals surface area contributed by atoms with Gasteiger partial charge >= 0.3 is 0 Å². The minimum Gasteiger partial charge on any atom is -0.390 e. The summed E-state index contributed by atoms with van der Waals surface area (Å²) in [5.41, 5.74) is 0.657. The van der Waals surface area contributed by atoms with Gasteiger partial charge in [-0.1, -0.05) is 82.4 Å². The molecule has 0 fully saturated rings. The molecule has 2 N–H and O–H groups in total. The van der Waals surface area contributed by atoms with Crippen molar-refractivity contribution in [1.82, 2.24) is 0 Å². The van der Waals surface area contributed by atoms with Gasteiger partial charge in [0.1, 0.15) is 5.60 Å². The van der Waals surface area contributed by atoms with Crippen LogP contribution in [0.1, 0.15) is 70.8 Å². The molecule has 0 amide bonds. The average Bonchev–Trinajstić information content (AvgIpc) is 2.56. The molecule has 0 aliphatic heterocycles. The van der Waals surface area contributed by atoms with Crippen LogP contribution < -0.4 is 0 Å². The maximum atomic E-state index is 10.9. The molecule has 0 saturated heterocycles. The standard InChI is InChI=1S/C21H34O2/c1-4-5-6-7-8-12-15-20(22)21(23,18(2)3)17-16-19-13-10-9-11-14-19/h9-11,13-14,20,22-23H,2,4-8,12,15-17H2,1,3H3/t20-,21-/m0/s1. The third-order valence-electron chi connectivity index (χ3n) is 4.76. The Labute approximate surface area is 142 Å². The Balaban J connectivity index is 2.46. The van der Waals surface area contributed by atoms with Gasteiger partial charge in [-0.15, -0.1) is 0 Å². The second-order valence-electron chi connectivity index (χ2n) is 6.76. The van der Waals surface area contributed by atoms with Crippen LogP contribution in [0.15, 0.2) is 42.5 Å². The van der Waals surface area contributed by atoms with E-state index in [1.54, 1.807) is 0 Å². The Morgan fingerprint density at radius 1 is 1.09 bits per heavy atom. The van der Waals surface area contributed by atoms with E-state index in [9.17, 15) is 10.2 Å². The highest BCUT2D eigenvalue weighted by atomic mass is 16.3. The number of rotatable bonds is 12. The summed E-state index contributed by atoms with van der Waals surface area (Å²) in [5, 5.41) is 21.4. The van der Waals surface area contributed by atoms with Crippen molar-refractivity contribution in [2.75, 3.05) is 0 Å². The third-order valence-corrected chi connectivity index (χ3v) is 4.76. The second kappa shape index (κ2) is 10.6. The number of hydrogen-bond donors (Lipinski definition) is 2. The molecular weight excluding hydrogens is 284 g/mol. The zero-order chi connectivity index (χ0) is 17.1. The smallest absolute Gasteiger partial charge is 0.111 e. The molecule has 2 atom stereocenters. The molecule has 0 aromatic heterocycles. The minimum atomic E-state index is -1.18. The number of benzene rings is 1. The summed E-state index contributed by atoms with van der Waals surface area (Å²) >= 11 is 0. The molecule has 0 heterocycles. The van der Waals surface area contributed by atoms with E-state index in [1.165, 1.54) is 31.2 Å². The molecule has 130 valence electrons. The van der Waals surface area contributed by atoms with Crippen LogP contribution in [-0.4, -0.2) is 21.9 Å². The second-order valence-corrected chi connectivity index (χ2v) is 6.76. The Hall–Kier alpha value is -1.12. The zero-order valence-corrected chi connectivity index (χ0v) is 14.9. The van der Waals surface area contributed by atoms with Crippen molar-refractivity contribution in [3.8, 4) is 0 Å². The Morgan fingerprint density at radius 2 is 1.70 bits per heavy atom. The number of aryl methyl sites for hydroxylation is 1. The topological polar surface area (TPSA) is 40.5 Å². The van der Waals surface area contributed by atoms with Crippen molar-refractivity contribution >= 4 is 0 Å². The van der Waals surface area contributed by atoms with Crippen molar-refractivity contribution in [3.05, 3.63) is 48.0 Å². The average molecular weight is 319 g/mol. The molecule has 0 aliphatic rings. The Bertz CT molecular complexity index is 440. The van der Waals surface area contributed by atoms with Gasteiger partial charge in [0, 0.05) is 0 Å². The first-order valence-corrected chi connectivity index (χ1v) is 9.11. The van der Waals surface area contributed by atoms with Gasteiger partial charge < -0.3 is 10.2 Å². The Kier molecular flexibility index (Phi) is 9.20. The van der Waals surface area contributed by atoms with Gasteiger partial charge in [0.15, 0.2) is 0 Å². The van der Waals surface area contributed by atoms with Crippen LogP contribution in [0.2, 0.25) is 0 Å². The number of hydrogen-bond acceptors (Lipinski definition) is 2. The molecule has 0 unspecified atom stereocenters. The fourth-order valence-corrected chi connectivity index (χ4v) is 3.00. The van der Waals surface area contributed by atoms with Gasteiger partial charge in [0.05, 0.1) is 6.10 Å². The monoisotopic (exact) mass is 318 g/mol. The van der Waals surface area contributed by atoms with Crippen molar-refractivity contribution in [3.63, 3.8) is 0 Å². The minimum absolute atomic E-state index is 0.517. The summed E-state index contributed by atoms with van der Waals surface area (Å²) in [6.07, 6.45) is 8.29. The van der Waals surface area contributed by atoms with E-state index in [-0.39, 0.29) is 0 Å². The van der Waals surface area contributed by atoms with Gasteiger partial charge in [-0.3, -0.25) is 0 Å². The molecular formula is C21H34O2. The fourth-order valence-electron chi connectivity index (χ4n) is 3.00. The third kappa shape index (κ3) is 6.88. The maximum Gasteiger partial charge on any atom is 0.111 e. The predicted octanol–water partition coefficient (Wildman–Crippen LogP) is 5.04. The van der Waals surface area contributed by atoms with Crippen molar-refractivity contribution in [2.45, 2.75) is 83.3 Å². The first-order valence-electron chi connectivity index (χ1n) is 9.11. The molecule has 0 aliphatic carbocycles. The number of aliphatic hydroxyl groups excluding tert-OH is 1. The van der Waals surface area contributed by atoms with E-state index < -0.39 is 11.7 Å². The molecule has 0 bridgehead atoms. The molecule has 1 aromatic rings. The van der Waals surface area contributed by atoms with E-state index in [0.717, 1.165) is 19.3 Å². The van der Waals surface area contributed by atoms with Gasteiger partial charge in [0.2, 0.25) is 0 Å². The van der Waals surface area contributed by atoms with E-state index in [0.29, 0.717) is 18.4 Å². The summed E-state index contributed by atoms with van der Waals surface area (Å²) in [6, 6.07) is 10.1. The highest BCUT2D eigenvalue weighted by Gasteiger charge is 2.35. The molecule has 1 rings (SSSR count). The normalized spacial score (nSPS) is 15.1. The van der Waals surface area contributed by atoms with Gasteiger partial charge in [-0.25, -0.2) is 0 Å². The lowest BCUT2D eigenvalue weighted by Crippen LogP contribution is -2.43. The summed E-state index contributed by atoms with van der Waals surface area (Å²) in [7, 11) is 0. The first kappa shape index (κ1) is 19.9. The summed E-state index contributed by atoms with van der Waals surface area (Å²) in [5.74, 6) is 0. The summed E-state index contributed by atoms with van der Waals surface area (Å²) < 4.78 is 0. The molecule has 1 aromatic carbocycles. The van der Waals surface area contributed by atoms with Crippen LogP contribution in [0, 0.1) is 0 Å². The van der Waals surface area contributed by atoms with Crippen molar-refractivity contribution in [1.29, 1.82) is 0 Å². The van der Waals surface area contributed by atoms with Crippen LogP contribution in [0.3, 0.4) is 0 Å². The lowest BCUT2D eigenvalue weighted by molar-refractivity contribution is -0.0569. The van der Waals surface area contributed by atoms with Crippen molar-refractivity contribution < 1.29 is 10.2 Å². The molecule has 2 heteroatoms. The van der Waals surface area contributed by atoms with Gasteiger partial charge in [0.25, 0.3) is 0 Å². The largest absolute Gasteiger partial charge is 0.390 e. The molecule has 0 saturated carbocycles. The fraction of sp³-hybridized carbons (Fsp3) is 0.619. The molecule has 0 spiro atoms. The van der Waals surface area contributed by atoms with Crippen LogP contribution in [0.4, 0.5) is 0 Å². The summed E-state index contributed by atoms with van der Waals surface area (Å²) in [4.78, 5) is 0. The predicted molar refractivity (Wildman–Crippen MR) is 98.5 cm³/mol. The lowest BCUT2D eigenvalue weighted by Gasteiger charge is -2.34. The van der Waals surface area contributed by atoms with Crippen LogP contribution in [0.25, 0.3) is 0 Å². The van der Waals surface area contributed by atoms with Gasteiger partial charge in [-0.2, -0.15) is 0 Å². The SMILES string of the molecule is C=C(C)[C@@](O)(CCc1ccccc1)[C@@H](O)CCCCCCCC. The van der Waals surface area contributed by atoms with Crippen LogP contribution in [-0.2, 0) is 6.42 Å². The van der Waals surface area contributed by atoms with Crippen LogP contribution >= 0.6 is 0 Å². The summed E-state index contributed by atoms with van der Waals surface area (Å²) in [6.45, 7) is 7.95. The quantitative estimate of drug-likeness (QED) is 0.419. The lowest BCUT2D eigenvalue weighted by atomic mass is 9.82. The first-order chi connectivity index (χ1) is 11.0. The van der Waals surface area contributed by atoms with Gasteiger partial charge in [-0.05, 0) is 37.3 Å².